The molecule has 1 saturated heterocycles. The first kappa shape index (κ1) is 18.0. The number of likely N-dealkylation sites (tertiary alicyclic amines) is 1. The number of ether oxygens (including phenoxy) is 1. The third-order valence-electron chi connectivity index (χ3n) is 4.12. The van der Waals surface area contributed by atoms with E-state index < -0.39 is 12.5 Å². The maximum atomic E-state index is 12.1. The molecule has 1 aliphatic rings. The third kappa shape index (κ3) is 4.64. The van der Waals surface area contributed by atoms with E-state index in [2.05, 4.69) is 14.9 Å². The van der Waals surface area contributed by atoms with E-state index in [1.165, 1.54) is 29.2 Å². The zero-order chi connectivity index (χ0) is 18.7. The summed E-state index contributed by atoms with van der Waals surface area (Å²) in [5, 5.41) is 12.8. The van der Waals surface area contributed by atoms with Crippen molar-refractivity contribution in [3.05, 3.63) is 41.5 Å². The van der Waals surface area contributed by atoms with Crippen LogP contribution in [0.4, 0.5) is 18.0 Å². The van der Waals surface area contributed by atoms with Gasteiger partial charge in [0, 0.05) is 25.4 Å². The van der Waals surface area contributed by atoms with Gasteiger partial charge in [-0.05, 0) is 30.5 Å². The van der Waals surface area contributed by atoms with Gasteiger partial charge in [0.2, 0.25) is 5.89 Å². The average molecular weight is 371 g/mol. The van der Waals surface area contributed by atoms with Crippen LogP contribution >= 0.6 is 0 Å². The molecule has 26 heavy (non-hydrogen) atoms. The van der Waals surface area contributed by atoms with Crippen LogP contribution in [0.2, 0.25) is 0 Å². The molecule has 1 aromatic heterocycles. The van der Waals surface area contributed by atoms with Crippen LogP contribution in [0, 0.1) is 0 Å². The van der Waals surface area contributed by atoms with Gasteiger partial charge in [-0.1, -0.05) is 17.3 Å². The molecule has 10 heteroatoms. The first-order valence-corrected chi connectivity index (χ1v) is 7.95. The van der Waals surface area contributed by atoms with Crippen LogP contribution in [0.15, 0.2) is 28.8 Å². The molecular formula is C16H16F3N3O4. The highest BCUT2D eigenvalue weighted by molar-refractivity contribution is 5.65. The van der Waals surface area contributed by atoms with Crippen molar-refractivity contribution in [2.75, 3.05) is 13.1 Å². The van der Waals surface area contributed by atoms with Crippen LogP contribution in [-0.4, -0.2) is 45.7 Å². The van der Waals surface area contributed by atoms with Crippen molar-refractivity contribution in [3.8, 4) is 5.75 Å². The second kappa shape index (κ2) is 7.22. The molecule has 1 amide bonds. The molecule has 0 spiro atoms. The van der Waals surface area contributed by atoms with Crippen molar-refractivity contribution in [3.63, 3.8) is 0 Å². The fourth-order valence-corrected chi connectivity index (χ4v) is 2.81. The van der Waals surface area contributed by atoms with E-state index in [0.29, 0.717) is 49.6 Å². The van der Waals surface area contributed by atoms with Gasteiger partial charge in [-0.25, -0.2) is 4.79 Å². The molecule has 1 N–H and O–H groups in total. The summed E-state index contributed by atoms with van der Waals surface area (Å²) in [5.74, 6) is 0.599. The molecule has 0 bridgehead atoms. The summed E-state index contributed by atoms with van der Waals surface area (Å²) in [5.41, 5.74) is 0.715. The quantitative estimate of drug-likeness (QED) is 0.886. The highest BCUT2D eigenvalue weighted by Gasteiger charge is 2.31. The van der Waals surface area contributed by atoms with Gasteiger partial charge in [0.05, 0.1) is 0 Å². The number of carboxylic acid groups (broad SMARTS) is 1. The second-order valence-electron chi connectivity index (χ2n) is 5.96. The summed E-state index contributed by atoms with van der Waals surface area (Å²) < 4.78 is 45.5. The smallest absolute Gasteiger partial charge is 0.465 e. The number of benzene rings is 1. The molecule has 0 saturated carbocycles. The number of rotatable bonds is 4. The van der Waals surface area contributed by atoms with E-state index >= 15 is 0 Å². The fraction of sp³-hybridized carbons (Fsp3) is 0.438. The molecular weight excluding hydrogens is 355 g/mol. The molecule has 1 aromatic carbocycles. The normalized spacial score (nSPS) is 15.9. The van der Waals surface area contributed by atoms with Crippen molar-refractivity contribution in [1.29, 1.82) is 0 Å². The fourth-order valence-electron chi connectivity index (χ4n) is 2.81. The van der Waals surface area contributed by atoms with Gasteiger partial charge in [0.15, 0.2) is 5.82 Å². The number of halogens is 3. The minimum Gasteiger partial charge on any atom is -0.465 e. The van der Waals surface area contributed by atoms with Crippen molar-refractivity contribution < 1.29 is 32.3 Å². The number of aromatic nitrogens is 2. The molecule has 2 aromatic rings. The van der Waals surface area contributed by atoms with Gasteiger partial charge in [-0.2, -0.15) is 4.98 Å². The third-order valence-corrected chi connectivity index (χ3v) is 4.12. The Labute approximate surface area is 146 Å². The predicted molar refractivity (Wildman–Crippen MR) is 81.8 cm³/mol. The van der Waals surface area contributed by atoms with Gasteiger partial charge < -0.3 is 19.3 Å². The largest absolute Gasteiger partial charge is 0.573 e. The van der Waals surface area contributed by atoms with Crippen molar-refractivity contribution in [1.82, 2.24) is 15.0 Å². The number of carbonyl (C=O) groups is 1. The van der Waals surface area contributed by atoms with Crippen LogP contribution in [0.5, 0.6) is 5.75 Å². The van der Waals surface area contributed by atoms with E-state index in [9.17, 15) is 18.0 Å². The molecule has 0 radical (unpaired) electrons. The minimum absolute atomic E-state index is 0.00871. The zero-order valence-electron chi connectivity index (χ0n) is 13.6. The zero-order valence-corrected chi connectivity index (χ0v) is 13.6. The molecule has 2 heterocycles. The minimum atomic E-state index is -4.72. The lowest BCUT2D eigenvalue weighted by Crippen LogP contribution is -2.36. The summed E-state index contributed by atoms with van der Waals surface area (Å²) in [6.45, 7) is 0.830. The molecule has 0 atom stereocenters. The first-order valence-electron chi connectivity index (χ1n) is 7.95. The van der Waals surface area contributed by atoms with E-state index in [4.69, 9.17) is 9.63 Å². The SMILES string of the molecule is O=C(O)N1CCC(c2nc(Cc3ccc(OC(F)(F)F)cc3)no2)CC1. The molecule has 0 unspecified atom stereocenters. The molecule has 0 aliphatic carbocycles. The Balaban J connectivity index is 1.58. The predicted octanol–water partition coefficient (Wildman–Crippen LogP) is 3.42. The van der Waals surface area contributed by atoms with Gasteiger partial charge >= 0.3 is 12.5 Å². The summed E-state index contributed by atoms with van der Waals surface area (Å²) in [6, 6.07) is 5.46. The maximum Gasteiger partial charge on any atom is 0.573 e. The number of hydrogen-bond donors (Lipinski definition) is 1. The number of nitrogens with zero attached hydrogens (tertiary/aromatic N) is 3. The number of piperidine rings is 1. The van der Waals surface area contributed by atoms with Crippen LogP contribution < -0.4 is 4.74 Å². The topological polar surface area (TPSA) is 88.7 Å². The van der Waals surface area contributed by atoms with Gasteiger partial charge in [-0.3, -0.25) is 0 Å². The van der Waals surface area contributed by atoms with E-state index in [1.54, 1.807) is 0 Å². The highest BCUT2D eigenvalue weighted by atomic mass is 19.4. The average Bonchev–Trinajstić information content (AvgIpc) is 3.04. The summed E-state index contributed by atoms with van der Waals surface area (Å²) in [6.07, 6.45) is -4.13. The Morgan fingerprint density at radius 2 is 1.92 bits per heavy atom. The summed E-state index contributed by atoms with van der Waals surface area (Å²) >= 11 is 0. The van der Waals surface area contributed by atoms with Crippen molar-refractivity contribution >= 4 is 6.09 Å². The Kier molecular flexibility index (Phi) is 5.01. The lowest BCUT2D eigenvalue weighted by atomic mass is 9.97. The first-order chi connectivity index (χ1) is 12.3. The maximum absolute atomic E-state index is 12.1. The summed E-state index contributed by atoms with van der Waals surface area (Å²) in [7, 11) is 0. The van der Waals surface area contributed by atoms with E-state index in [0.717, 1.165) is 0 Å². The van der Waals surface area contributed by atoms with Crippen molar-refractivity contribution in [2.45, 2.75) is 31.5 Å². The Hall–Kier alpha value is -2.78. The molecule has 1 aliphatic heterocycles. The Morgan fingerprint density at radius 3 is 2.50 bits per heavy atom. The van der Waals surface area contributed by atoms with Gasteiger partial charge in [-0.15, -0.1) is 13.2 Å². The molecule has 3 rings (SSSR count). The Bertz CT molecular complexity index is 753. The molecule has 1 fully saturated rings. The molecule has 7 nitrogen and oxygen atoms in total. The standard InChI is InChI=1S/C16H16F3N3O4/c17-16(18,19)25-12-3-1-10(2-4-12)9-13-20-14(26-21-13)11-5-7-22(8-6-11)15(23)24/h1-4,11H,5-9H2,(H,23,24). The number of hydrogen-bond acceptors (Lipinski definition) is 5. The summed E-state index contributed by atoms with van der Waals surface area (Å²) in [4.78, 5) is 16.6. The highest BCUT2D eigenvalue weighted by Crippen LogP contribution is 2.27. The number of amides is 1. The molecule has 140 valence electrons. The van der Waals surface area contributed by atoms with E-state index in [1.807, 2.05) is 0 Å². The van der Waals surface area contributed by atoms with Crippen LogP contribution in [0.3, 0.4) is 0 Å². The van der Waals surface area contributed by atoms with Crippen LogP contribution in [0.1, 0.15) is 36.0 Å². The van der Waals surface area contributed by atoms with Crippen molar-refractivity contribution in [2.24, 2.45) is 0 Å². The van der Waals surface area contributed by atoms with E-state index in [-0.39, 0.29) is 11.7 Å². The van der Waals surface area contributed by atoms with Crippen LogP contribution in [-0.2, 0) is 6.42 Å². The van der Waals surface area contributed by atoms with Gasteiger partial charge in [0.25, 0.3) is 0 Å². The van der Waals surface area contributed by atoms with Gasteiger partial charge in [0.1, 0.15) is 5.75 Å². The monoisotopic (exact) mass is 371 g/mol. The number of alkyl halides is 3. The van der Waals surface area contributed by atoms with Crippen LogP contribution in [0.25, 0.3) is 0 Å². The lowest BCUT2D eigenvalue weighted by molar-refractivity contribution is -0.274. The second-order valence-corrected chi connectivity index (χ2v) is 5.96. The lowest BCUT2D eigenvalue weighted by Gasteiger charge is -2.27. The Morgan fingerprint density at radius 1 is 1.27 bits per heavy atom.